The van der Waals surface area contributed by atoms with Crippen molar-refractivity contribution in [2.24, 2.45) is 0 Å². The molecule has 0 atom stereocenters. The van der Waals surface area contributed by atoms with E-state index >= 15 is 0 Å². The van der Waals surface area contributed by atoms with Gasteiger partial charge in [0.2, 0.25) is 0 Å². The number of benzene rings is 2. The summed E-state index contributed by atoms with van der Waals surface area (Å²) in [6.45, 7) is 0.339. The Bertz CT molecular complexity index is 1160. The van der Waals surface area contributed by atoms with Gasteiger partial charge in [0.05, 0.1) is 24.0 Å². The van der Waals surface area contributed by atoms with Crippen LogP contribution in [0.1, 0.15) is 16.1 Å². The number of nitrogens with zero attached hydrogens (tertiary/aromatic N) is 2. The van der Waals surface area contributed by atoms with Gasteiger partial charge >= 0.3 is 0 Å². The molecule has 0 spiro atoms. The highest BCUT2D eigenvalue weighted by Crippen LogP contribution is 2.30. The zero-order valence-corrected chi connectivity index (χ0v) is 19.3. The quantitative estimate of drug-likeness (QED) is 0.327. The minimum atomic E-state index is -0.261. The van der Waals surface area contributed by atoms with E-state index in [1.165, 1.54) is 27.6 Å². The monoisotopic (exact) mass is 469 g/mol. The molecule has 158 valence electrons. The number of carbonyl (C=O) groups excluding carboxylic acids is 1. The van der Waals surface area contributed by atoms with E-state index in [0.29, 0.717) is 28.8 Å². The fourth-order valence-electron chi connectivity index (χ4n) is 2.78. The zero-order chi connectivity index (χ0) is 21.6. The van der Waals surface area contributed by atoms with Crippen LogP contribution < -0.4 is 14.8 Å². The lowest BCUT2D eigenvalue weighted by Crippen LogP contribution is -2.12. The van der Waals surface area contributed by atoms with E-state index in [-0.39, 0.29) is 5.91 Å². The Balaban J connectivity index is 1.43. The predicted molar refractivity (Wildman–Crippen MR) is 127 cm³/mol. The summed E-state index contributed by atoms with van der Waals surface area (Å²) < 4.78 is 11.2. The molecule has 0 bridgehead atoms. The summed E-state index contributed by atoms with van der Waals surface area (Å²) in [5.41, 5.74) is 4.90. The summed E-state index contributed by atoms with van der Waals surface area (Å²) in [5.74, 6) is 0.775. The zero-order valence-electron chi connectivity index (χ0n) is 16.8. The molecule has 1 amide bonds. The van der Waals surface area contributed by atoms with Crippen LogP contribution in [0, 0.1) is 0 Å². The van der Waals surface area contributed by atoms with Crippen molar-refractivity contribution >= 4 is 45.5 Å². The summed E-state index contributed by atoms with van der Waals surface area (Å²) in [5, 5.41) is 7.25. The first-order valence-corrected chi connectivity index (χ1v) is 12.3. The van der Waals surface area contributed by atoms with Crippen LogP contribution in [0.4, 0.5) is 5.13 Å². The first kappa shape index (κ1) is 21.4. The first-order valence-electron chi connectivity index (χ1n) is 9.25. The summed E-state index contributed by atoms with van der Waals surface area (Å²) in [6.07, 6.45) is 2.04. The van der Waals surface area contributed by atoms with Crippen LogP contribution in [0.2, 0.25) is 0 Å². The summed E-state index contributed by atoms with van der Waals surface area (Å²) >= 11 is 4.59. The van der Waals surface area contributed by atoms with Crippen molar-refractivity contribution in [3.8, 4) is 22.8 Å². The van der Waals surface area contributed by atoms with Gasteiger partial charge in [0.25, 0.3) is 5.91 Å². The van der Waals surface area contributed by atoms with E-state index < -0.39 is 0 Å². The van der Waals surface area contributed by atoms with Crippen molar-refractivity contribution in [2.75, 3.05) is 18.7 Å². The maximum Gasteiger partial charge on any atom is 0.257 e. The van der Waals surface area contributed by atoms with E-state index in [4.69, 9.17) is 9.47 Å². The van der Waals surface area contributed by atoms with Crippen molar-refractivity contribution in [3.63, 3.8) is 0 Å². The molecular weight excluding hydrogens is 450 g/mol. The SMILES string of the molecule is COc1cc(C(=O)Nc2nc(-c3ccc(SC)cc3)cs2)ccc1OCc1cscn1. The fourth-order valence-corrected chi connectivity index (χ4v) is 4.45. The Morgan fingerprint density at radius 1 is 1.13 bits per heavy atom. The van der Waals surface area contributed by atoms with Crippen molar-refractivity contribution in [1.82, 2.24) is 9.97 Å². The van der Waals surface area contributed by atoms with E-state index in [9.17, 15) is 4.79 Å². The Labute approximate surface area is 192 Å². The number of thiazole rings is 2. The molecule has 2 heterocycles. The smallest absolute Gasteiger partial charge is 0.257 e. The highest BCUT2D eigenvalue weighted by Gasteiger charge is 2.14. The Morgan fingerprint density at radius 2 is 1.97 bits per heavy atom. The summed E-state index contributed by atoms with van der Waals surface area (Å²) in [6, 6.07) is 13.2. The molecule has 4 rings (SSSR count). The molecule has 0 fully saturated rings. The van der Waals surface area contributed by atoms with Crippen molar-refractivity contribution in [2.45, 2.75) is 11.5 Å². The molecule has 2 aromatic carbocycles. The topological polar surface area (TPSA) is 73.3 Å². The second-order valence-corrected chi connectivity index (χ2v) is 8.81. The molecule has 0 aliphatic heterocycles. The summed E-state index contributed by atoms with van der Waals surface area (Å²) in [4.78, 5) is 22.6. The molecule has 4 aromatic rings. The van der Waals surface area contributed by atoms with Gasteiger partial charge in [-0.15, -0.1) is 34.4 Å². The van der Waals surface area contributed by atoms with Crippen LogP contribution in [0.15, 0.2) is 63.6 Å². The lowest BCUT2D eigenvalue weighted by atomic mass is 10.2. The number of nitrogens with one attached hydrogen (secondary N) is 1. The molecule has 0 saturated heterocycles. The largest absolute Gasteiger partial charge is 0.493 e. The van der Waals surface area contributed by atoms with Crippen LogP contribution in [0.25, 0.3) is 11.3 Å². The number of carbonyl (C=O) groups is 1. The third kappa shape index (κ3) is 5.25. The Morgan fingerprint density at radius 3 is 2.68 bits per heavy atom. The normalized spacial score (nSPS) is 10.6. The van der Waals surface area contributed by atoms with Gasteiger partial charge < -0.3 is 9.47 Å². The standard InChI is InChI=1S/C22H19N3O3S3/c1-27-20-9-15(5-8-19(20)28-10-16-11-30-13-23-16)21(26)25-22-24-18(12-31-22)14-3-6-17(29-2)7-4-14/h3-9,11-13H,10H2,1-2H3,(H,24,25,26). The average Bonchev–Trinajstić information content (AvgIpc) is 3.50. The number of hydrogen-bond donors (Lipinski definition) is 1. The lowest BCUT2D eigenvalue weighted by molar-refractivity contribution is 0.102. The maximum atomic E-state index is 12.7. The van der Waals surface area contributed by atoms with Crippen molar-refractivity contribution < 1.29 is 14.3 Å². The molecule has 2 aromatic heterocycles. The van der Waals surface area contributed by atoms with E-state index in [0.717, 1.165) is 17.0 Å². The Hall–Kier alpha value is -2.88. The number of ether oxygens (including phenoxy) is 2. The number of thioether (sulfide) groups is 1. The fraction of sp³-hybridized carbons (Fsp3) is 0.136. The van der Waals surface area contributed by atoms with Crippen LogP contribution in [0.5, 0.6) is 11.5 Å². The van der Waals surface area contributed by atoms with Gasteiger partial charge in [0.15, 0.2) is 16.6 Å². The summed E-state index contributed by atoms with van der Waals surface area (Å²) in [7, 11) is 1.54. The van der Waals surface area contributed by atoms with Gasteiger partial charge in [-0.1, -0.05) is 12.1 Å². The number of aromatic nitrogens is 2. The van der Waals surface area contributed by atoms with Gasteiger partial charge in [-0.2, -0.15) is 0 Å². The van der Waals surface area contributed by atoms with Crippen LogP contribution in [-0.2, 0) is 6.61 Å². The second kappa shape index (κ2) is 9.95. The molecular formula is C22H19N3O3S3. The molecule has 9 heteroatoms. The van der Waals surface area contributed by atoms with E-state index in [1.807, 2.05) is 29.1 Å². The van der Waals surface area contributed by atoms with Crippen molar-refractivity contribution in [3.05, 3.63) is 70.0 Å². The maximum absolute atomic E-state index is 12.7. The van der Waals surface area contributed by atoms with Crippen LogP contribution >= 0.6 is 34.4 Å². The van der Waals surface area contributed by atoms with Gasteiger partial charge in [0, 0.05) is 26.8 Å². The molecule has 0 aliphatic carbocycles. The molecule has 6 nitrogen and oxygen atoms in total. The number of methoxy groups -OCH3 is 1. The van der Waals surface area contributed by atoms with Gasteiger partial charge in [-0.3, -0.25) is 10.1 Å². The minimum Gasteiger partial charge on any atom is -0.493 e. The average molecular weight is 470 g/mol. The molecule has 0 radical (unpaired) electrons. The van der Waals surface area contributed by atoms with Gasteiger partial charge in [0.1, 0.15) is 6.61 Å². The van der Waals surface area contributed by atoms with Gasteiger partial charge in [-0.25, -0.2) is 9.97 Å². The van der Waals surface area contributed by atoms with E-state index in [1.54, 1.807) is 42.6 Å². The highest BCUT2D eigenvalue weighted by molar-refractivity contribution is 7.98. The molecule has 1 N–H and O–H groups in total. The molecule has 0 saturated carbocycles. The number of anilines is 1. The lowest BCUT2D eigenvalue weighted by Gasteiger charge is -2.11. The highest BCUT2D eigenvalue weighted by atomic mass is 32.2. The third-order valence-corrected chi connectivity index (χ3v) is 6.53. The van der Waals surface area contributed by atoms with Crippen LogP contribution in [-0.4, -0.2) is 29.2 Å². The second-order valence-electron chi connectivity index (χ2n) is 6.35. The minimum absolute atomic E-state index is 0.261. The van der Waals surface area contributed by atoms with E-state index in [2.05, 4.69) is 27.4 Å². The Kier molecular flexibility index (Phi) is 6.86. The first-order chi connectivity index (χ1) is 15.2. The predicted octanol–water partition coefficient (Wildman–Crippen LogP) is 5.83. The number of rotatable bonds is 8. The molecule has 31 heavy (non-hydrogen) atoms. The molecule has 0 aliphatic rings. The van der Waals surface area contributed by atoms with Crippen molar-refractivity contribution in [1.29, 1.82) is 0 Å². The number of hydrogen-bond acceptors (Lipinski definition) is 8. The third-order valence-electron chi connectivity index (χ3n) is 4.40. The van der Waals surface area contributed by atoms with Crippen LogP contribution in [0.3, 0.4) is 0 Å². The molecule has 0 unspecified atom stereocenters. The van der Waals surface area contributed by atoms with Gasteiger partial charge in [-0.05, 0) is 36.6 Å². The number of amides is 1.